The van der Waals surface area contributed by atoms with Gasteiger partial charge >= 0.3 is 0 Å². The Kier molecular flexibility index (Phi) is 5.33. The molecule has 0 aliphatic carbocycles. The third-order valence-electron chi connectivity index (χ3n) is 2.73. The number of nitrogens with one attached hydrogen (secondary N) is 1. The van der Waals surface area contributed by atoms with Crippen molar-refractivity contribution in [1.29, 1.82) is 0 Å². The lowest BCUT2D eigenvalue weighted by Gasteiger charge is -2.16. The van der Waals surface area contributed by atoms with Crippen LogP contribution in [0.5, 0.6) is 0 Å². The summed E-state index contributed by atoms with van der Waals surface area (Å²) >= 11 is 0. The lowest BCUT2D eigenvalue weighted by atomic mass is 10.0. The molecular formula is C14H23NO. The largest absolute Gasteiger partial charge is 0.392 e. The molecule has 0 spiro atoms. The van der Waals surface area contributed by atoms with E-state index in [-0.39, 0.29) is 6.61 Å². The third-order valence-corrected chi connectivity index (χ3v) is 2.73. The van der Waals surface area contributed by atoms with Crippen molar-refractivity contribution in [3.63, 3.8) is 0 Å². The van der Waals surface area contributed by atoms with Crippen LogP contribution in [0, 0.1) is 5.92 Å². The molecule has 0 aliphatic rings. The van der Waals surface area contributed by atoms with E-state index in [1.165, 1.54) is 12.8 Å². The molecule has 1 rings (SSSR count). The fourth-order valence-electron chi connectivity index (χ4n) is 1.65. The summed E-state index contributed by atoms with van der Waals surface area (Å²) in [6, 6.07) is 8.46. The highest BCUT2D eigenvalue weighted by Crippen LogP contribution is 2.14. The Morgan fingerprint density at radius 3 is 2.19 bits per heavy atom. The maximum Gasteiger partial charge on any atom is 0.0681 e. The molecule has 0 bridgehead atoms. The van der Waals surface area contributed by atoms with Crippen LogP contribution in [0.15, 0.2) is 24.3 Å². The quantitative estimate of drug-likeness (QED) is 0.771. The van der Waals surface area contributed by atoms with Gasteiger partial charge in [0.25, 0.3) is 0 Å². The van der Waals surface area contributed by atoms with Crippen molar-refractivity contribution < 1.29 is 5.11 Å². The summed E-state index contributed by atoms with van der Waals surface area (Å²) < 4.78 is 0. The van der Waals surface area contributed by atoms with Gasteiger partial charge in [-0.2, -0.15) is 0 Å². The Bertz CT molecular complexity index is 292. The van der Waals surface area contributed by atoms with E-state index in [0.29, 0.717) is 6.04 Å². The van der Waals surface area contributed by atoms with Crippen molar-refractivity contribution in [2.24, 2.45) is 5.92 Å². The van der Waals surface area contributed by atoms with Gasteiger partial charge in [-0.05, 0) is 43.4 Å². The zero-order valence-electron chi connectivity index (χ0n) is 10.5. The normalized spacial score (nSPS) is 12.8. The second-order valence-corrected chi connectivity index (χ2v) is 4.87. The minimum atomic E-state index is 0.114. The molecule has 1 aromatic rings. The monoisotopic (exact) mass is 221 g/mol. The van der Waals surface area contributed by atoms with Gasteiger partial charge in [0, 0.05) is 11.7 Å². The van der Waals surface area contributed by atoms with E-state index in [1.54, 1.807) is 0 Å². The number of anilines is 1. The summed E-state index contributed by atoms with van der Waals surface area (Å²) in [5.74, 6) is 0.765. The molecular weight excluding hydrogens is 198 g/mol. The van der Waals surface area contributed by atoms with E-state index in [0.717, 1.165) is 17.2 Å². The highest BCUT2D eigenvalue weighted by atomic mass is 16.3. The highest BCUT2D eigenvalue weighted by molar-refractivity contribution is 5.45. The van der Waals surface area contributed by atoms with Gasteiger partial charge in [0.1, 0.15) is 0 Å². The van der Waals surface area contributed by atoms with Crippen molar-refractivity contribution in [3.8, 4) is 0 Å². The summed E-state index contributed by atoms with van der Waals surface area (Å²) in [4.78, 5) is 0. The van der Waals surface area contributed by atoms with Gasteiger partial charge in [0.2, 0.25) is 0 Å². The lowest BCUT2D eigenvalue weighted by molar-refractivity contribution is 0.282. The van der Waals surface area contributed by atoms with Crippen molar-refractivity contribution in [1.82, 2.24) is 0 Å². The van der Waals surface area contributed by atoms with Crippen LogP contribution in [0.1, 0.15) is 39.2 Å². The maximum atomic E-state index is 8.94. The van der Waals surface area contributed by atoms with Gasteiger partial charge in [-0.25, -0.2) is 0 Å². The molecule has 0 heterocycles. The minimum Gasteiger partial charge on any atom is -0.392 e. The Morgan fingerprint density at radius 1 is 1.06 bits per heavy atom. The Labute approximate surface area is 98.7 Å². The van der Waals surface area contributed by atoms with Crippen LogP contribution in [0.25, 0.3) is 0 Å². The van der Waals surface area contributed by atoms with Crippen molar-refractivity contribution in [2.45, 2.75) is 46.3 Å². The van der Waals surface area contributed by atoms with E-state index in [2.05, 4.69) is 26.1 Å². The molecule has 0 radical (unpaired) electrons. The van der Waals surface area contributed by atoms with E-state index in [4.69, 9.17) is 5.11 Å². The molecule has 16 heavy (non-hydrogen) atoms. The second kappa shape index (κ2) is 6.54. The fourth-order valence-corrected chi connectivity index (χ4v) is 1.65. The standard InChI is InChI=1S/C14H23NO/c1-11(2)4-5-12(3)15-14-8-6-13(10-16)7-9-14/h6-9,11-12,15-16H,4-5,10H2,1-3H3. The Balaban J connectivity index is 2.40. The van der Waals surface area contributed by atoms with Gasteiger partial charge < -0.3 is 10.4 Å². The highest BCUT2D eigenvalue weighted by Gasteiger charge is 2.03. The van der Waals surface area contributed by atoms with E-state index in [1.807, 2.05) is 24.3 Å². The van der Waals surface area contributed by atoms with Crippen LogP contribution in [0.4, 0.5) is 5.69 Å². The van der Waals surface area contributed by atoms with Gasteiger partial charge in [-0.15, -0.1) is 0 Å². The first-order valence-corrected chi connectivity index (χ1v) is 6.08. The van der Waals surface area contributed by atoms with Gasteiger partial charge in [0.05, 0.1) is 6.61 Å². The number of hydrogen-bond donors (Lipinski definition) is 2. The molecule has 2 N–H and O–H groups in total. The van der Waals surface area contributed by atoms with Gasteiger partial charge in [0.15, 0.2) is 0 Å². The number of rotatable bonds is 6. The van der Waals surface area contributed by atoms with Gasteiger partial charge in [-0.1, -0.05) is 26.0 Å². The van der Waals surface area contributed by atoms with Crippen LogP contribution in [-0.2, 0) is 6.61 Å². The summed E-state index contributed by atoms with van der Waals surface area (Å²) in [6.07, 6.45) is 2.45. The van der Waals surface area contributed by atoms with Crippen molar-refractivity contribution in [3.05, 3.63) is 29.8 Å². The molecule has 0 saturated carbocycles. The molecule has 1 aromatic carbocycles. The number of aliphatic hydroxyl groups excluding tert-OH is 1. The van der Waals surface area contributed by atoms with Crippen LogP contribution in [0.3, 0.4) is 0 Å². The average molecular weight is 221 g/mol. The van der Waals surface area contributed by atoms with E-state index < -0.39 is 0 Å². The first-order chi connectivity index (χ1) is 7.61. The fraction of sp³-hybridized carbons (Fsp3) is 0.571. The molecule has 1 unspecified atom stereocenters. The smallest absolute Gasteiger partial charge is 0.0681 e. The SMILES string of the molecule is CC(C)CCC(C)Nc1ccc(CO)cc1. The summed E-state index contributed by atoms with van der Waals surface area (Å²) in [7, 11) is 0. The Morgan fingerprint density at radius 2 is 1.69 bits per heavy atom. The molecule has 2 heteroatoms. The zero-order chi connectivity index (χ0) is 12.0. The van der Waals surface area contributed by atoms with Crippen molar-refractivity contribution >= 4 is 5.69 Å². The molecule has 90 valence electrons. The second-order valence-electron chi connectivity index (χ2n) is 4.87. The van der Waals surface area contributed by atoms with E-state index >= 15 is 0 Å². The molecule has 0 aromatic heterocycles. The molecule has 2 nitrogen and oxygen atoms in total. The first-order valence-electron chi connectivity index (χ1n) is 6.08. The lowest BCUT2D eigenvalue weighted by Crippen LogP contribution is -2.15. The van der Waals surface area contributed by atoms with Crippen LogP contribution >= 0.6 is 0 Å². The number of aliphatic hydroxyl groups is 1. The molecule has 0 saturated heterocycles. The molecule has 0 amide bonds. The predicted octanol–water partition coefficient (Wildman–Crippen LogP) is 3.42. The van der Waals surface area contributed by atoms with Crippen LogP contribution in [0.2, 0.25) is 0 Å². The molecule has 0 aliphatic heterocycles. The van der Waals surface area contributed by atoms with Gasteiger partial charge in [-0.3, -0.25) is 0 Å². The van der Waals surface area contributed by atoms with Crippen LogP contribution in [-0.4, -0.2) is 11.1 Å². The zero-order valence-corrected chi connectivity index (χ0v) is 10.5. The maximum absolute atomic E-state index is 8.94. The van der Waals surface area contributed by atoms with Crippen molar-refractivity contribution in [2.75, 3.05) is 5.32 Å². The molecule has 1 atom stereocenters. The predicted molar refractivity (Wildman–Crippen MR) is 69.5 cm³/mol. The topological polar surface area (TPSA) is 32.3 Å². The summed E-state index contributed by atoms with van der Waals surface area (Å²) in [6.45, 7) is 6.83. The van der Waals surface area contributed by atoms with Crippen LogP contribution < -0.4 is 5.32 Å². The number of benzene rings is 1. The molecule has 0 fully saturated rings. The minimum absolute atomic E-state index is 0.114. The number of hydrogen-bond acceptors (Lipinski definition) is 2. The Hall–Kier alpha value is -1.02. The first kappa shape index (κ1) is 13.0. The average Bonchev–Trinajstić information content (AvgIpc) is 2.27. The third kappa shape index (κ3) is 4.67. The summed E-state index contributed by atoms with van der Waals surface area (Å²) in [5.41, 5.74) is 2.09. The van der Waals surface area contributed by atoms with E-state index in [9.17, 15) is 0 Å². The summed E-state index contributed by atoms with van der Waals surface area (Å²) in [5, 5.41) is 12.4.